The molecule has 1 atom stereocenters. The summed E-state index contributed by atoms with van der Waals surface area (Å²) in [6.45, 7) is 0. The minimum Gasteiger partial charge on any atom is -0.623 e. The molecule has 3 aromatic carbocycles. The van der Waals surface area contributed by atoms with E-state index in [9.17, 15) is 5.21 Å². The van der Waals surface area contributed by atoms with Gasteiger partial charge in [0.25, 0.3) is 0 Å². The molecule has 0 radical (unpaired) electrons. The van der Waals surface area contributed by atoms with E-state index in [4.69, 9.17) is 0 Å². The average Bonchev–Trinajstić information content (AvgIpc) is 2.82. The van der Waals surface area contributed by atoms with Gasteiger partial charge in [-0.05, 0) is 23.8 Å². The molecule has 3 aromatic rings. The summed E-state index contributed by atoms with van der Waals surface area (Å²) in [4.78, 5) is 0. The first-order valence-corrected chi connectivity index (χ1v) is 6.69. The topological polar surface area (TPSA) is 27.5 Å². The van der Waals surface area contributed by atoms with Gasteiger partial charge in [0.15, 0.2) is 5.69 Å². The molecule has 2 nitrogen and oxygen atoms in total. The summed E-state index contributed by atoms with van der Waals surface area (Å²) < 4.78 is 0. The van der Waals surface area contributed by atoms with Crippen LogP contribution in [-0.4, -0.2) is 0 Å². The molecule has 96 valence electrons. The molecule has 0 spiro atoms. The largest absolute Gasteiger partial charge is 0.623 e. The van der Waals surface area contributed by atoms with Crippen molar-refractivity contribution in [1.82, 2.24) is 0 Å². The fourth-order valence-electron chi connectivity index (χ4n) is 2.93. The molecule has 0 saturated heterocycles. The SMILES string of the molecule is [O-][NH+]1c2ccccc2-c2cccc(-c3ccccc3)c21. The Morgan fingerprint density at radius 1 is 0.600 bits per heavy atom. The van der Waals surface area contributed by atoms with Crippen LogP contribution in [0.15, 0.2) is 72.8 Å². The van der Waals surface area contributed by atoms with Gasteiger partial charge >= 0.3 is 0 Å². The maximum atomic E-state index is 12.7. The number of rotatable bonds is 1. The zero-order valence-electron chi connectivity index (χ0n) is 10.8. The highest BCUT2D eigenvalue weighted by Gasteiger charge is 2.29. The number of nitrogens with one attached hydrogen (secondary N) is 1. The number of hydrogen-bond acceptors (Lipinski definition) is 1. The molecular weight excluding hydrogens is 246 g/mol. The van der Waals surface area contributed by atoms with Gasteiger partial charge in [0.05, 0.1) is 5.56 Å². The van der Waals surface area contributed by atoms with Gasteiger partial charge in [0.2, 0.25) is 0 Å². The molecule has 0 bridgehead atoms. The van der Waals surface area contributed by atoms with Gasteiger partial charge in [-0.25, -0.2) is 0 Å². The Morgan fingerprint density at radius 2 is 1.25 bits per heavy atom. The maximum Gasteiger partial charge on any atom is 0.152 e. The predicted molar refractivity (Wildman–Crippen MR) is 81.0 cm³/mol. The quantitative estimate of drug-likeness (QED) is 0.663. The Morgan fingerprint density at radius 3 is 2.10 bits per heavy atom. The van der Waals surface area contributed by atoms with Crippen LogP contribution >= 0.6 is 0 Å². The van der Waals surface area contributed by atoms with Crippen LogP contribution < -0.4 is 5.06 Å². The van der Waals surface area contributed by atoms with Crippen LogP contribution in [0.25, 0.3) is 22.3 Å². The first-order valence-electron chi connectivity index (χ1n) is 6.69. The third-order valence-corrected chi connectivity index (χ3v) is 3.84. The Hall–Kier alpha value is -2.42. The van der Waals surface area contributed by atoms with Crippen molar-refractivity contribution in [3.8, 4) is 22.3 Å². The van der Waals surface area contributed by atoms with Crippen LogP contribution in [0.4, 0.5) is 11.4 Å². The molecule has 0 amide bonds. The van der Waals surface area contributed by atoms with Crippen molar-refractivity contribution in [1.29, 1.82) is 0 Å². The van der Waals surface area contributed by atoms with Crippen LogP contribution in [0, 0.1) is 5.21 Å². The number of para-hydroxylation sites is 2. The first kappa shape index (κ1) is 11.4. The molecule has 0 aromatic heterocycles. The summed E-state index contributed by atoms with van der Waals surface area (Å²) in [6, 6.07) is 24.0. The monoisotopic (exact) mass is 259 g/mol. The molecule has 1 unspecified atom stereocenters. The van der Waals surface area contributed by atoms with Crippen molar-refractivity contribution in [2.45, 2.75) is 0 Å². The lowest BCUT2D eigenvalue weighted by molar-refractivity contribution is -0.693. The third kappa shape index (κ3) is 1.53. The van der Waals surface area contributed by atoms with Crippen LogP contribution in [0.3, 0.4) is 0 Å². The number of quaternary nitrogens is 1. The molecule has 1 heterocycles. The van der Waals surface area contributed by atoms with Crippen molar-refractivity contribution in [2.75, 3.05) is 0 Å². The van der Waals surface area contributed by atoms with Gasteiger partial charge in [-0.1, -0.05) is 48.5 Å². The van der Waals surface area contributed by atoms with Crippen molar-refractivity contribution in [3.05, 3.63) is 78.0 Å². The summed E-state index contributed by atoms with van der Waals surface area (Å²) in [5.74, 6) is 0. The van der Waals surface area contributed by atoms with Crippen LogP contribution in [-0.2, 0) is 0 Å². The van der Waals surface area contributed by atoms with Crippen molar-refractivity contribution >= 4 is 11.4 Å². The fraction of sp³-hybridized carbons (Fsp3) is 0. The molecule has 4 rings (SSSR count). The van der Waals surface area contributed by atoms with Crippen molar-refractivity contribution in [2.24, 2.45) is 0 Å². The van der Waals surface area contributed by atoms with E-state index < -0.39 is 0 Å². The molecule has 2 heteroatoms. The highest BCUT2D eigenvalue weighted by atomic mass is 16.5. The number of hydrogen-bond donors (Lipinski definition) is 1. The smallest absolute Gasteiger partial charge is 0.152 e. The van der Waals surface area contributed by atoms with Gasteiger partial charge < -0.3 is 10.3 Å². The highest BCUT2D eigenvalue weighted by molar-refractivity contribution is 5.92. The number of benzene rings is 3. The molecule has 0 fully saturated rings. The molecule has 0 aliphatic carbocycles. The molecule has 1 aliphatic heterocycles. The Labute approximate surface area is 117 Å². The van der Waals surface area contributed by atoms with E-state index in [0.29, 0.717) is 0 Å². The standard InChI is InChI=1S/C18H13NO/c20-19-17-12-5-4-9-15(17)16-11-6-10-14(18(16)19)13-7-2-1-3-8-13/h1-12,19H. The summed E-state index contributed by atoms with van der Waals surface area (Å²) in [6.07, 6.45) is 0. The van der Waals surface area contributed by atoms with Gasteiger partial charge in [0.1, 0.15) is 5.69 Å². The molecular formula is C18H13NO. The Bertz CT molecular complexity index is 780. The molecule has 1 aliphatic rings. The first-order chi connectivity index (χ1) is 9.86. The summed E-state index contributed by atoms with van der Waals surface area (Å²) >= 11 is 0. The lowest BCUT2D eigenvalue weighted by Crippen LogP contribution is -2.95. The van der Waals surface area contributed by atoms with E-state index in [1.54, 1.807) is 0 Å². The van der Waals surface area contributed by atoms with Crippen LogP contribution in [0.5, 0.6) is 0 Å². The molecule has 20 heavy (non-hydrogen) atoms. The summed E-state index contributed by atoms with van der Waals surface area (Å²) in [5.41, 5.74) is 5.85. The van der Waals surface area contributed by atoms with E-state index >= 15 is 0 Å². The van der Waals surface area contributed by atoms with E-state index in [1.165, 1.54) is 0 Å². The Kier molecular flexibility index (Phi) is 2.46. The number of fused-ring (bicyclic) bond motifs is 3. The highest BCUT2D eigenvalue weighted by Crippen LogP contribution is 2.41. The van der Waals surface area contributed by atoms with Gasteiger partial charge in [-0.3, -0.25) is 0 Å². The normalized spacial score (nSPS) is 15.8. The molecule has 0 saturated carbocycles. The second-order valence-corrected chi connectivity index (χ2v) is 4.97. The van der Waals surface area contributed by atoms with Gasteiger partial charge in [-0.2, -0.15) is 0 Å². The van der Waals surface area contributed by atoms with Crippen LogP contribution in [0.2, 0.25) is 0 Å². The summed E-state index contributed by atoms with van der Waals surface area (Å²) in [7, 11) is 0. The minimum atomic E-state index is 0.134. The van der Waals surface area contributed by atoms with Gasteiger partial charge in [-0.15, -0.1) is 0 Å². The van der Waals surface area contributed by atoms with Crippen molar-refractivity contribution in [3.63, 3.8) is 0 Å². The zero-order chi connectivity index (χ0) is 13.5. The van der Waals surface area contributed by atoms with Gasteiger partial charge in [0, 0.05) is 17.2 Å². The van der Waals surface area contributed by atoms with E-state index in [-0.39, 0.29) is 5.06 Å². The lowest BCUT2D eigenvalue weighted by atomic mass is 9.98. The van der Waals surface area contributed by atoms with Crippen LogP contribution in [0.1, 0.15) is 0 Å². The zero-order valence-corrected chi connectivity index (χ0v) is 10.8. The second-order valence-electron chi connectivity index (χ2n) is 4.97. The summed E-state index contributed by atoms with van der Waals surface area (Å²) in [5, 5.41) is 12.8. The molecule has 1 N–H and O–H groups in total. The van der Waals surface area contributed by atoms with E-state index in [1.807, 2.05) is 72.8 Å². The lowest BCUT2D eigenvalue weighted by Gasteiger charge is -2.19. The third-order valence-electron chi connectivity index (χ3n) is 3.84. The Balaban J connectivity index is 2.00. The maximum absolute atomic E-state index is 12.7. The van der Waals surface area contributed by atoms with Crippen molar-refractivity contribution < 1.29 is 5.06 Å². The average molecular weight is 259 g/mol. The fourth-order valence-corrected chi connectivity index (χ4v) is 2.93. The van der Waals surface area contributed by atoms with E-state index in [2.05, 4.69) is 0 Å². The predicted octanol–water partition coefficient (Wildman–Crippen LogP) is 3.68. The van der Waals surface area contributed by atoms with E-state index in [0.717, 1.165) is 33.6 Å². The minimum absolute atomic E-state index is 0.134. The second kappa shape index (κ2) is 4.30.